The van der Waals surface area contributed by atoms with Crippen LogP contribution in [0, 0.1) is 12.8 Å². The van der Waals surface area contributed by atoms with Crippen molar-refractivity contribution < 1.29 is 13.2 Å². The van der Waals surface area contributed by atoms with Crippen LogP contribution < -0.4 is 14.9 Å². The van der Waals surface area contributed by atoms with Crippen LogP contribution in [0.15, 0.2) is 77.7 Å². The molecule has 0 atom stereocenters. The van der Waals surface area contributed by atoms with Crippen LogP contribution in [0.1, 0.15) is 41.3 Å². The summed E-state index contributed by atoms with van der Waals surface area (Å²) < 4.78 is 28.4. The number of anilines is 2. The van der Waals surface area contributed by atoms with E-state index in [1.165, 1.54) is 0 Å². The van der Waals surface area contributed by atoms with Crippen LogP contribution in [0.4, 0.5) is 11.4 Å². The van der Waals surface area contributed by atoms with Gasteiger partial charge in [0.15, 0.2) is 0 Å². The molecule has 1 amide bonds. The molecule has 178 valence electrons. The first-order chi connectivity index (χ1) is 16.3. The quantitative estimate of drug-likeness (QED) is 0.504. The van der Waals surface area contributed by atoms with Crippen LogP contribution in [-0.2, 0) is 16.6 Å². The van der Waals surface area contributed by atoms with Crippen molar-refractivity contribution in [3.05, 3.63) is 89.5 Å². The highest BCUT2D eigenvalue weighted by Gasteiger charge is 2.23. The lowest BCUT2D eigenvalue weighted by molar-refractivity contribution is 0.0951. The normalized spacial score (nSPS) is 14.6. The fraction of sp³-hybridized carbons (Fsp3) is 0.296. The molecule has 0 aliphatic carbocycles. The maximum Gasteiger partial charge on any atom is 0.261 e. The topological polar surface area (TPSA) is 78.5 Å². The number of carbonyl (C=O) groups is 1. The summed E-state index contributed by atoms with van der Waals surface area (Å²) in [6.45, 7) is 6.29. The first-order valence-corrected chi connectivity index (χ1v) is 13.1. The second-order valence-corrected chi connectivity index (χ2v) is 10.7. The van der Waals surface area contributed by atoms with Crippen molar-refractivity contribution in [3.8, 4) is 0 Å². The number of hydrogen-bond acceptors (Lipinski definition) is 4. The van der Waals surface area contributed by atoms with Gasteiger partial charge in [-0.1, -0.05) is 55.0 Å². The summed E-state index contributed by atoms with van der Waals surface area (Å²) in [5.41, 5.74) is 3.64. The van der Waals surface area contributed by atoms with Crippen molar-refractivity contribution in [2.24, 2.45) is 5.92 Å². The van der Waals surface area contributed by atoms with Crippen LogP contribution >= 0.6 is 0 Å². The molecule has 7 heteroatoms. The average Bonchev–Trinajstić information content (AvgIpc) is 2.84. The maximum atomic E-state index is 13.3. The second-order valence-electron chi connectivity index (χ2n) is 8.99. The molecule has 6 nitrogen and oxygen atoms in total. The highest BCUT2D eigenvalue weighted by molar-refractivity contribution is 7.92. The monoisotopic (exact) mass is 477 g/mol. The predicted octanol–water partition coefficient (Wildman–Crippen LogP) is 4.96. The molecule has 0 bridgehead atoms. The van der Waals surface area contributed by atoms with Crippen molar-refractivity contribution in [1.29, 1.82) is 0 Å². The number of benzene rings is 3. The van der Waals surface area contributed by atoms with Gasteiger partial charge in [-0.2, -0.15) is 0 Å². The summed E-state index contributed by atoms with van der Waals surface area (Å²) in [7, 11) is -3.77. The highest BCUT2D eigenvalue weighted by atomic mass is 32.2. The van der Waals surface area contributed by atoms with Gasteiger partial charge in [-0.25, -0.2) is 8.42 Å². The molecule has 1 aliphatic rings. The van der Waals surface area contributed by atoms with Crippen LogP contribution in [0.5, 0.6) is 0 Å². The Morgan fingerprint density at radius 2 is 1.65 bits per heavy atom. The molecular formula is C27H31N3O3S. The Balaban J connectivity index is 1.61. The number of aryl methyl sites for hydroxylation is 1. The molecule has 1 fully saturated rings. The molecule has 4 rings (SSSR count). The van der Waals surface area contributed by atoms with Gasteiger partial charge in [0.1, 0.15) is 0 Å². The van der Waals surface area contributed by atoms with Crippen molar-refractivity contribution in [3.63, 3.8) is 0 Å². The molecular weight excluding hydrogens is 446 g/mol. The van der Waals surface area contributed by atoms with Gasteiger partial charge in [0.05, 0.1) is 10.5 Å². The SMILES string of the molecule is Cc1ccc(S(=O)(=O)Nc2ccc(N3CCC(C)CC3)c(C(=O)NCc3ccccc3)c2)cc1. The minimum Gasteiger partial charge on any atom is -0.371 e. The third-order valence-corrected chi connectivity index (χ3v) is 7.64. The Bertz CT molecular complexity index is 1230. The van der Waals surface area contributed by atoms with E-state index >= 15 is 0 Å². The number of sulfonamides is 1. The third-order valence-electron chi connectivity index (χ3n) is 6.24. The first-order valence-electron chi connectivity index (χ1n) is 11.6. The molecule has 3 aromatic rings. The molecule has 34 heavy (non-hydrogen) atoms. The van der Waals surface area contributed by atoms with Gasteiger partial charge >= 0.3 is 0 Å². The van der Waals surface area contributed by atoms with E-state index in [0.29, 0.717) is 23.7 Å². The zero-order valence-electron chi connectivity index (χ0n) is 19.6. The van der Waals surface area contributed by atoms with E-state index in [4.69, 9.17) is 0 Å². The largest absolute Gasteiger partial charge is 0.371 e. The van der Waals surface area contributed by atoms with Gasteiger partial charge in [0.25, 0.3) is 15.9 Å². The number of rotatable bonds is 7. The predicted molar refractivity (Wildman–Crippen MR) is 137 cm³/mol. The van der Waals surface area contributed by atoms with Crippen LogP contribution in [0.25, 0.3) is 0 Å². The van der Waals surface area contributed by atoms with Gasteiger partial charge in [0.2, 0.25) is 0 Å². The Kier molecular flexibility index (Phi) is 7.22. The fourth-order valence-electron chi connectivity index (χ4n) is 4.11. The Labute approximate surface area is 202 Å². The zero-order chi connectivity index (χ0) is 24.1. The lowest BCUT2D eigenvalue weighted by Gasteiger charge is -2.33. The molecule has 1 aliphatic heterocycles. The lowest BCUT2D eigenvalue weighted by atomic mass is 9.98. The van der Waals surface area contributed by atoms with Gasteiger partial charge < -0.3 is 10.2 Å². The standard InChI is InChI=1S/C27H31N3O3S/c1-20-8-11-24(12-9-20)34(32,33)29-23-10-13-26(30-16-14-21(2)15-17-30)25(18-23)27(31)28-19-22-6-4-3-5-7-22/h3-13,18,21,29H,14-17,19H2,1-2H3,(H,28,31). The molecule has 0 radical (unpaired) electrons. The van der Waals surface area contributed by atoms with Crippen LogP contribution in [0.3, 0.4) is 0 Å². The number of piperidine rings is 1. The molecule has 1 saturated heterocycles. The minimum atomic E-state index is -3.77. The van der Waals surface area contributed by atoms with Crippen molar-refractivity contribution in [2.45, 2.75) is 38.1 Å². The second kappa shape index (κ2) is 10.3. The lowest BCUT2D eigenvalue weighted by Crippen LogP contribution is -2.35. The first kappa shape index (κ1) is 23.8. The van der Waals surface area contributed by atoms with E-state index in [9.17, 15) is 13.2 Å². The van der Waals surface area contributed by atoms with Gasteiger partial charge in [0, 0.05) is 31.0 Å². The van der Waals surface area contributed by atoms with Crippen molar-refractivity contribution in [1.82, 2.24) is 5.32 Å². The molecule has 0 spiro atoms. The number of carbonyl (C=O) groups excluding carboxylic acids is 1. The number of nitrogens with zero attached hydrogens (tertiary/aromatic N) is 1. The van der Waals surface area contributed by atoms with Gasteiger partial charge in [-0.05, 0) is 61.6 Å². The van der Waals surface area contributed by atoms with Crippen molar-refractivity contribution in [2.75, 3.05) is 22.7 Å². The van der Waals surface area contributed by atoms with E-state index < -0.39 is 10.0 Å². The summed E-state index contributed by atoms with van der Waals surface area (Å²) in [6, 6.07) is 21.6. The summed E-state index contributed by atoms with van der Waals surface area (Å²) in [5.74, 6) is 0.432. The third kappa shape index (κ3) is 5.78. The minimum absolute atomic E-state index is 0.183. The van der Waals surface area contributed by atoms with E-state index in [1.807, 2.05) is 43.3 Å². The van der Waals surface area contributed by atoms with Crippen LogP contribution in [0.2, 0.25) is 0 Å². The summed E-state index contributed by atoms with van der Waals surface area (Å²) in [4.78, 5) is 15.7. The fourth-order valence-corrected chi connectivity index (χ4v) is 5.16. The Morgan fingerprint density at radius 1 is 0.971 bits per heavy atom. The molecule has 2 N–H and O–H groups in total. The summed E-state index contributed by atoms with van der Waals surface area (Å²) >= 11 is 0. The zero-order valence-corrected chi connectivity index (χ0v) is 20.4. The molecule has 0 saturated carbocycles. The molecule has 0 aromatic heterocycles. The van der Waals surface area contributed by atoms with Gasteiger partial charge in [-0.3, -0.25) is 9.52 Å². The highest BCUT2D eigenvalue weighted by Crippen LogP contribution is 2.29. The molecule has 3 aromatic carbocycles. The Morgan fingerprint density at radius 3 is 2.32 bits per heavy atom. The van der Waals surface area contributed by atoms with E-state index in [-0.39, 0.29) is 10.8 Å². The molecule has 1 heterocycles. The van der Waals surface area contributed by atoms with Gasteiger partial charge in [-0.15, -0.1) is 0 Å². The smallest absolute Gasteiger partial charge is 0.261 e. The number of amides is 1. The summed E-state index contributed by atoms with van der Waals surface area (Å²) in [5, 5.41) is 2.99. The number of nitrogens with one attached hydrogen (secondary N) is 2. The number of hydrogen-bond donors (Lipinski definition) is 2. The molecule has 0 unspecified atom stereocenters. The van der Waals surface area contributed by atoms with E-state index in [2.05, 4.69) is 21.9 Å². The summed E-state index contributed by atoms with van der Waals surface area (Å²) in [6.07, 6.45) is 2.12. The van der Waals surface area contributed by atoms with E-state index in [0.717, 1.165) is 42.7 Å². The Hall–Kier alpha value is -3.32. The van der Waals surface area contributed by atoms with Crippen LogP contribution in [-0.4, -0.2) is 27.4 Å². The maximum absolute atomic E-state index is 13.3. The average molecular weight is 478 g/mol. The van der Waals surface area contributed by atoms with E-state index in [1.54, 1.807) is 36.4 Å². The van der Waals surface area contributed by atoms with Crippen molar-refractivity contribution >= 4 is 27.3 Å².